The molecular weight excluding hydrogens is 253 g/mol. The largest absolute Gasteiger partial charge is 0.369 e. The zero-order valence-corrected chi connectivity index (χ0v) is 11.7. The van der Waals surface area contributed by atoms with E-state index >= 15 is 0 Å². The number of anilines is 1. The number of hydrogen-bond acceptors (Lipinski definition) is 3. The molecule has 3 nitrogen and oxygen atoms in total. The van der Waals surface area contributed by atoms with Crippen molar-refractivity contribution in [2.24, 2.45) is 0 Å². The Hall–Kier alpha value is -1.60. The Morgan fingerprint density at radius 2 is 1.95 bits per heavy atom. The Kier molecular flexibility index (Phi) is 3.88. The van der Waals surface area contributed by atoms with Gasteiger partial charge in [0.05, 0.1) is 5.69 Å². The fourth-order valence-corrected chi connectivity index (χ4v) is 3.43. The summed E-state index contributed by atoms with van der Waals surface area (Å²) in [6, 6.07) is 7.48. The van der Waals surface area contributed by atoms with Crippen LogP contribution in [0.3, 0.4) is 0 Å². The van der Waals surface area contributed by atoms with Gasteiger partial charge in [0.25, 0.3) is 0 Å². The average Bonchev–Trinajstić information content (AvgIpc) is 2.97. The van der Waals surface area contributed by atoms with Crippen LogP contribution in [-0.4, -0.2) is 37.1 Å². The highest BCUT2D eigenvalue weighted by molar-refractivity contribution is 5.60. The van der Waals surface area contributed by atoms with Crippen LogP contribution in [0.2, 0.25) is 0 Å². The summed E-state index contributed by atoms with van der Waals surface area (Å²) >= 11 is 0. The zero-order valence-electron chi connectivity index (χ0n) is 11.7. The lowest BCUT2D eigenvalue weighted by atomic mass is 10.1. The molecule has 4 heteroatoms. The first-order chi connectivity index (χ1) is 9.79. The topological polar surface area (TPSA) is 30.3 Å². The maximum Gasteiger partial charge on any atom is 0.143 e. The predicted molar refractivity (Wildman–Crippen MR) is 77.2 cm³/mol. The number of likely N-dealkylation sites (tertiary alicyclic amines) is 1. The Morgan fingerprint density at radius 3 is 2.70 bits per heavy atom. The van der Waals surface area contributed by atoms with E-state index in [-0.39, 0.29) is 5.56 Å². The molecule has 1 aromatic carbocycles. The molecule has 2 aliphatic rings. The van der Waals surface area contributed by atoms with E-state index in [1.54, 1.807) is 6.07 Å². The monoisotopic (exact) mass is 273 g/mol. The van der Waals surface area contributed by atoms with Crippen LogP contribution in [0.1, 0.15) is 31.2 Å². The summed E-state index contributed by atoms with van der Waals surface area (Å²) < 4.78 is 13.7. The molecular formula is C16H20FN3. The van der Waals surface area contributed by atoms with E-state index < -0.39 is 5.82 Å². The third-order valence-corrected chi connectivity index (χ3v) is 4.51. The van der Waals surface area contributed by atoms with Gasteiger partial charge in [-0.3, -0.25) is 4.90 Å². The smallest absolute Gasteiger partial charge is 0.143 e. The van der Waals surface area contributed by atoms with Gasteiger partial charge in [-0.15, -0.1) is 0 Å². The first-order valence-electron chi connectivity index (χ1n) is 7.47. The molecule has 0 bridgehead atoms. The van der Waals surface area contributed by atoms with Gasteiger partial charge in [0.15, 0.2) is 0 Å². The van der Waals surface area contributed by atoms with Crippen molar-refractivity contribution in [3.8, 4) is 6.07 Å². The van der Waals surface area contributed by atoms with E-state index in [0.717, 1.165) is 25.2 Å². The Balaban J connectivity index is 1.74. The number of benzene rings is 1. The van der Waals surface area contributed by atoms with Gasteiger partial charge in [-0.05, 0) is 44.5 Å². The van der Waals surface area contributed by atoms with Gasteiger partial charge in [-0.2, -0.15) is 5.26 Å². The van der Waals surface area contributed by atoms with E-state index in [4.69, 9.17) is 5.26 Å². The number of halogens is 1. The van der Waals surface area contributed by atoms with Gasteiger partial charge in [0, 0.05) is 19.1 Å². The lowest BCUT2D eigenvalue weighted by molar-refractivity contribution is 0.175. The maximum absolute atomic E-state index is 13.7. The van der Waals surface area contributed by atoms with E-state index in [2.05, 4.69) is 9.80 Å². The molecule has 0 amide bonds. The molecule has 1 aromatic rings. The molecule has 20 heavy (non-hydrogen) atoms. The second kappa shape index (κ2) is 5.80. The van der Waals surface area contributed by atoms with Crippen LogP contribution < -0.4 is 4.90 Å². The molecule has 0 saturated carbocycles. The zero-order chi connectivity index (χ0) is 13.9. The van der Waals surface area contributed by atoms with Crippen LogP contribution in [0.15, 0.2) is 18.2 Å². The molecule has 0 N–H and O–H groups in total. The minimum Gasteiger partial charge on any atom is -0.369 e. The molecule has 2 fully saturated rings. The summed E-state index contributed by atoms with van der Waals surface area (Å²) in [4.78, 5) is 4.73. The number of nitrogens with zero attached hydrogens (tertiary/aromatic N) is 3. The van der Waals surface area contributed by atoms with Gasteiger partial charge in [-0.25, -0.2) is 4.39 Å². The van der Waals surface area contributed by atoms with Crippen molar-refractivity contribution in [2.45, 2.75) is 31.7 Å². The lowest BCUT2D eigenvalue weighted by Gasteiger charge is -2.32. The van der Waals surface area contributed by atoms with Gasteiger partial charge >= 0.3 is 0 Å². The molecule has 2 aliphatic heterocycles. The highest BCUT2D eigenvalue weighted by Gasteiger charge is 2.29. The highest BCUT2D eigenvalue weighted by Crippen LogP contribution is 2.28. The van der Waals surface area contributed by atoms with Crippen LogP contribution >= 0.6 is 0 Å². The third-order valence-electron chi connectivity index (χ3n) is 4.51. The van der Waals surface area contributed by atoms with E-state index in [1.165, 1.54) is 38.4 Å². The minimum atomic E-state index is -0.411. The van der Waals surface area contributed by atoms with Crippen molar-refractivity contribution >= 4 is 5.69 Å². The Bertz CT molecular complexity index is 517. The summed E-state index contributed by atoms with van der Waals surface area (Å²) in [6.45, 7) is 4.21. The summed E-state index contributed by atoms with van der Waals surface area (Å²) in [6.07, 6.45) is 5.04. The SMILES string of the molecule is N#Cc1c(F)cccc1N1CCC(N2CCCCC2)C1. The molecule has 1 unspecified atom stereocenters. The molecule has 0 radical (unpaired) electrons. The van der Waals surface area contributed by atoms with Gasteiger partial charge < -0.3 is 4.90 Å². The first-order valence-corrected chi connectivity index (χ1v) is 7.47. The van der Waals surface area contributed by atoms with Crippen molar-refractivity contribution in [3.05, 3.63) is 29.6 Å². The van der Waals surface area contributed by atoms with Crippen molar-refractivity contribution in [3.63, 3.8) is 0 Å². The first kappa shape index (κ1) is 13.4. The Morgan fingerprint density at radius 1 is 1.15 bits per heavy atom. The molecule has 106 valence electrons. The van der Waals surface area contributed by atoms with Crippen LogP contribution in [0.4, 0.5) is 10.1 Å². The number of piperidine rings is 1. The van der Waals surface area contributed by atoms with E-state index in [9.17, 15) is 4.39 Å². The Labute approximate surface area is 119 Å². The number of hydrogen-bond donors (Lipinski definition) is 0. The quantitative estimate of drug-likeness (QED) is 0.830. The number of rotatable bonds is 2. The van der Waals surface area contributed by atoms with E-state index in [1.807, 2.05) is 12.1 Å². The standard InChI is InChI=1S/C16H20FN3/c17-15-5-4-6-16(14(15)11-18)20-10-7-13(12-20)19-8-2-1-3-9-19/h4-6,13H,1-3,7-10,12H2. The summed E-state index contributed by atoms with van der Waals surface area (Å²) in [5, 5.41) is 9.15. The van der Waals surface area contributed by atoms with Crippen molar-refractivity contribution in [2.75, 3.05) is 31.1 Å². The normalized spacial score (nSPS) is 23.8. The molecule has 2 heterocycles. The van der Waals surface area contributed by atoms with Crippen LogP contribution in [0.25, 0.3) is 0 Å². The summed E-state index contributed by atoms with van der Waals surface area (Å²) in [5.41, 5.74) is 0.943. The lowest BCUT2D eigenvalue weighted by Crippen LogP contribution is -2.40. The van der Waals surface area contributed by atoms with Crippen LogP contribution in [-0.2, 0) is 0 Å². The molecule has 1 atom stereocenters. The third kappa shape index (κ3) is 2.51. The maximum atomic E-state index is 13.7. The summed E-state index contributed by atoms with van der Waals surface area (Å²) in [5.74, 6) is -0.411. The number of nitriles is 1. The molecule has 2 saturated heterocycles. The van der Waals surface area contributed by atoms with Crippen molar-refractivity contribution in [1.29, 1.82) is 5.26 Å². The predicted octanol–water partition coefficient (Wildman–Crippen LogP) is 2.76. The summed E-state index contributed by atoms with van der Waals surface area (Å²) in [7, 11) is 0. The van der Waals surface area contributed by atoms with Gasteiger partial charge in [-0.1, -0.05) is 12.5 Å². The molecule has 3 rings (SSSR count). The van der Waals surface area contributed by atoms with Crippen LogP contribution in [0.5, 0.6) is 0 Å². The minimum absolute atomic E-state index is 0.187. The van der Waals surface area contributed by atoms with Gasteiger partial charge in [0.1, 0.15) is 17.4 Å². The molecule has 0 spiro atoms. The molecule has 0 aliphatic carbocycles. The van der Waals surface area contributed by atoms with E-state index in [0.29, 0.717) is 6.04 Å². The fraction of sp³-hybridized carbons (Fsp3) is 0.562. The second-order valence-corrected chi connectivity index (χ2v) is 5.73. The van der Waals surface area contributed by atoms with Crippen molar-refractivity contribution in [1.82, 2.24) is 4.90 Å². The fourth-order valence-electron chi connectivity index (χ4n) is 3.43. The van der Waals surface area contributed by atoms with Crippen LogP contribution in [0, 0.1) is 17.1 Å². The highest BCUT2D eigenvalue weighted by atomic mass is 19.1. The average molecular weight is 273 g/mol. The van der Waals surface area contributed by atoms with Gasteiger partial charge in [0.2, 0.25) is 0 Å². The second-order valence-electron chi connectivity index (χ2n) is 5.73. The molecule has 0 aromatic heterocycles. The van der Waals surface area contributed by atoms with Crippen molar-refractivity contribution < 1.29 is 4.39 Å².